The highest BCUT2D eigenvalue weighted by Crippen LogP contribution is 2.16. The van der Waals surface area contributed by atoms with Gasteiger partial charge >= 0.3 is 0 Å². The Morgan fingerprint density at radius 2 is 2.15 bits per heavy atom. The van der Waals surface area contributed by atoms with Crippen LogP contribution in [0.15, 0.2) is 30.6 Å². The van der Waals surface area contributed by atoms with Crippen LogP contribution in [0.3, 0.4) is 0 Å². The van der Waals surface area contributed by atoms with E-state index >= 15 is 0 Å². The molecular formula is C15H20N4S. The SMILES string of the molecule is CCn1cc(CNC(=S)Nc2cc(C)ccc2C)cn1. The molecule has 4 nitrogen and oxygen atoms in total. The number of rotatable bonds is 4. The minimum atomic E-state index is 0.628. The van der Waals surface area contributed by atoms with Crippen LogP contribution in [-0.2, 0) is 13.1 Å². The molecule has 1 aromatic heterocycles. The molecule has 0 aliphatic rings. The predicted octanol–water partition coefficient (Wildman–Crippen LogP) is 3.01. The largest absolute Gasteiger partial charge is 0.358 e. The van der Waals surface area contributed by atoms with Gasteiger partial charge in [-0.05, 0) is 50.2 Å². The number of aromatic nitrogens is 2. The zero-order valence-electron chi connectivity index (χ0n) is 12.1. The Hall–Kier alpha value is -1.88. The molecule has 1 heterocycles. The molecule has 2 rings (SSSR count). The Labute approximate surface area is 125 Å². The van der Waals surface area contributed by atoms with Gasteiger partial charge in [-0.3, -0.25) is 4.68 Å². The molecule has 0 aliphatic heterocycles. The first-order valence-corrected chi connectivity index (χ1v) is 7.12. The molecule has 0 atom stereocenters. The van der Waals surface area contributed by atoms with Crippen molar-refractivity contribution in [2.75, 3.05) is 5.32 Å². The van der Waals surface area contributed by atoms with Gasteiger partial charge in [0.15, 0.2) is 5.11 Å². The third-order valence-corrected chi connectivity index (χ3v) is 3.35. The highest BCUT2D eigenvalue weighted by Gasteiger charge is 2.03. The van der Waals surface area contributed by atoms with Crippen molar-refractivity contribution < 1.29 is 0 Å². The second-order valence-electron chi connectivity index (χ2n) is 4.83. The standard InChI is InChI=1S/C15H20N4S/c1-4-19-10-13(9-17-19)8-16-15(20)18-14-7-11(2)5-6-12(14)3/h5-7,9-10H,4,8H2,1-3H3,(H2,16,18,20). The number of benzene rings is 1. The topological polar surface area (TPSA) is 41.9 Å². The van der Waals surface area contributed by atoms with E-state index in [1.165, 1.54) is 11.1 Å². The molecule has 20 heavy (non-hydrogen) atoms. The van der Waals surface area contributed by atoms with Gasteiger partial charge in [-0.1, -0.05) is 12.1 Å². The Balaban J connectivity index is 1.90. The van der Waals surface area contributed by atoms with Gasteiger partial charge in [-0.25, -0.2) is 0 Å². The van der Waals surface area contributed by atoms with Crippen LogP contribution in [0.5, 0.6) is 0 Å². The summed E-state index contributed by atoms with van der Waals surface area (Å²) in [4.78, 5) is 0. The summed E-state index contributed by atoms with van der Waals surface area (Å²) >= 11 is 5.32. The Morgan fingerprint density at radius 1 is 1.35 bits per heavy atom. The van der Waals surface area contributed by atoms with E-state index in [1.807, 2.05) is 17.1 Å². The number of nitrogens with zero attached hydrogens (tertiary/aromatic N) is 2. The zero-order chi connectivity index (χ0) is 14.5. The van der Waals surface area contributed by atoms with E-state index in [0.717, 1.165) is 17.8 Å². The van der Waals surface area contributed by atoms with Gasteiger partial charge in [-0.2, -0.15) is 5.10 Å². The number of aryl methyl sites for hydroxylation is 3. The fourth-order valence-corrected chi connectivity index (χ4v) is 2.07. The number of hydrogen-bond acceptors (Lipinski definition) is 2. The molecule has 0 bridgehead atoms. The number of anilines is 1. The maximum Gasteiger partial charge on any atom is 0.171 e. The van der Waals surface area contributed by atoms with E-state index in [-0.39, 0.29) is 0 Å². The van der Waals surface area contributed by atoms with Crippen molar-refractivity contribution in [1.29, 1.82) is 0 Å². The Bertz CT molecular complexity index is 604. The zero-order valence-corrected chi connectivity index (χ0v) is 12.9. The van der Waals surface area contributed by atoms with Gasteiger partial charge in [0.1, 0.15) is 0 Å². The summed E-state index contributed by atoms with van der Waals surface area (Å²) in [5.74, 6) is 0. The lowest BCUT2D eigenvalue weighted by molar-refractivity contribution is 0.659. The normalized spacial score (nSPS) is 10.3. The van der Waals surface area contributed by atoms with E-state index in [2.05, 4.69) is 54.7 Å². The molecule has 1 aromatic carbocycles. The lowest BCUT2D eigenvalue weighted by atomic mass is 10.1. The lowest BCUT2D eigenvalue weighted by Gasteiger charge is -2.12. The summed E-state index contributed by atoms with van der Waals surface area (Å²) < 4.78 is 1.90. The van der Waals surface area contributed by atoms with Crippen molar-refractivity contribution in [1.82, 2.24) is 15.1 Å². The van der Waals surface area contributed by atoms with Crippen LogP contribution in [0.25, 0.3) is 0 Å². The number of hydrogen-bond donors (Lipinski definition) is 2. The second kappa shape index (κ2) is 6.52. The molecule has 0 saturated heterocycles. The summed E-state index contributed by atoms with van der Waals surface area (Å²) in [6.45, 7) is 7.76. The molecule has 0 unspecified atom stereocenters. The maximum absolute atomic E-state index is 5.32. The van der Waals surface area contributed by atoms with Crippen LogP contribution < -0.4 is 10.6 Å². The first-order chi connectivity index (χ1) is 9.58. The van der Waals surface area contributed by atoms with Crippen molar-refractivity contribution in [2.24, 2.45) is 0 Å². The van der Waals surface area contributed by atoms with Gasteiger partial charge in [0.05, 0.1) is 6.20 Å². The van der Waals surface area contributed by atoms with Crippen LogP contribution in [-0.4, -0.2) is 14.9 Å². The van der Waals surface area contributed by atoms with Crippen molar-refractivity contribution in [3.05, 3.63) is 47.3 Å². The summed E-state index contributed by atoms with van der Waals surface area (Å²) in [6, 6.07) is 6.28. The first kappa shape index (κ1) is 14.5. The Morgan fingerprint density at radius 3 is 2.85 bits per heavy atom. The molecule has 0 aliphatic carbocycles. The van der Waals surface area contributed by atoms with Crippen molar-refractivity contribution in [3.8, 4) is 0 Å². The molecule has 2 N–H and O–H groups in total. The summed E-state index contributed by atoms with van der Waals surface area (Å²) in [7, 11) is 0. The average molecular weight is 288 g/mol. The molecule has 2 aromatic rings. The van der Waals surface area contributed by atoms with Gasteiger partial charge in [0.2, 0.25) is 0 Å². The van der Waals surface area contributed by atoms with Crippen molar-refractivity contribution >= 4 is 23.0 Å². The molecule has 106 valence electrons. The number of nitrogens with one attached hydrogen (secondary N) is 2. The maximum atomic E-state index is 5.32. The van der Waals surface area contributed by atoms with Crippen molar-refractivity contribution in [3.63, 3.8) is 0 Å². The summed E-state index contributed by atoms with van der Waals surface area (Å²) in [6.07, 6.45) is 3.88. The molecule has 0 fully saturated rings. The first-order valence-electron chi connectivity index (χ1n) is 6.72. The fourth-order valence-electron chi connectivity index (χ4n) is 1.89. The quantitative estimate of drug-likeness (QED) is 0.849. The Kier molecular flexibility index (Phi) is 4.74. The third-order valence-electron chi connectivity index (χ3n) is 3.11. The minimum Gasteiger partial charge on any atom is -0.358 e. The fraction of sp³-hybridized carbons (Fsp3) is 0.333. The monoisotopic (exact) mass is 288 g/mol. The van der Waals surface area contributed by atoms with Crippen LogP contribution >= 0.6 is 12.2 Å². The van der Waals surface area contributed by atoms with Gasteiger partial charge in [-0.15, -0.1) is 0 Å². The van der Waals surface area contributed by atoms with Gasteiger partial charge in [0.25, 0.3) is 0 Å². The predicted molar refractivity (Wildman–Crippen MR) is 86.9 cm³/mol. The third kappa shape index (κ3) is 3.81. The average Bonchev–Trinajstić information content (AvgIpc) is 2.89. The van der Waals surface area contributed by atoms with Crippen LogP contribution in [0.4, 0.5) is 5.69 Å². The van der Waals surface area contributed by atoms with Crippen LogP contribution in [0.2, 0.25) is 0 Å². The molecule has 0 saturated carbocycles. The molecule has 0 radical (unpaired) electrons. The molecule has 0 spiro atoms. The molecule has 0 amide bonds. The highest BCUT2D eigenvalue weighted by atomic mass is 32.1. The van der Waals surface area contributed by atoms with Crippen molar-refractivity contribution in [2.45, 2.75) is 33.9 Å². The van der Waals surface area contributed by atoms with E-state index in [0.29, 0.717) is 11.7 Å². The highest BCUT2D eigenvalue weighted by molar-refractivity contribution is 7.80. The van der Waals surface area contributed by atoms with Crippen LogP contribution in [0, 0.1) is 13.8 Å². The molecule has 5 heteroatoms. The summed E-state index contributed by atoms with van der Waals surface area (Å²) in [5.41, 5.74) is 4.56. The van der Waals surface area contributed by atoms with E-state index < -0.39 is 0 Å². The van der Waals surface area contributed by atoms with E-state index in [4.69, 9.17) is 12.2 Å². The van der Waals surface area contributed by atoms with E-state index in [1.54, 1.807) is 0 Å². The molecular weight excluding hydrogens is 268 g/mol. The van der Waals surface area contributed by atoms with Gasteiger partial charge in [0, 0.05) is 30.5 Å². The number of thiocarbonyl (C=S) groups is 1. The van der Waals surface area contributed by atoms with Crippen LogP contribution in [0.1, 0.15) is 23.6 Å². The van der Waals surface area contributed by atoms with Gasteiger partial charge < -0.3 is 10.6 Å². The smallest absolute Gasteiger partial charge is 0.171 e. The lowest BCUT2D eigenvalue weighted by Crippen LogP contribution is -2.28. The second-order valence-corrected chi connectivity index (χ2v) is 5.24. The summed E-state index contributed by atoms with van der Waals surface area (Å²) in [5, 5.41) is 11.3. The van der Waals surface area contributed by atoms with E-state index in [9.17, 15) is 0 Å². The minimum absolute atomic E-state index is 0.628.